The van der Waals surface area contributed by atoms with Crippen LogP contribution < -0.4 is 0 Å². The number of hydrogen-bond acceptors (Lipinski definition) is 5. The lowest BCUT2D eigenvalue weighted by atomic mass is 9.83. The molecule has 1 aliphatic heterocycles. The molecule has 1 saturated carbocycles. The molecule has 2 aromatic rings. The molecule has 4 rings (SSSR count). The molecule has 1 aromatic heterocycles. The quantitative estimate of drug-likeness (QED) is 0.233. The second-order valence-corrected chi connectivity index (χ2v) is 15.6. The molecule has 0 spiro atoms. The number of thiazole rings is 1. The smallest absolute Gasteiger partial charge is 0.196 e. The van der Waals surface area contributed by atoms with Crippen LogP contribution in [0.4, 0.5) is 0 Å². The number of allylic oxidation sites excluding steroid dienone is 2. The van der Waals surface area contributed by atoms with E-state index in [0.717, 1.165) is 35.1 Å². The highest BCUT2D eigenvalue weighted by Gasteiger charge is 2.31. The van der Waals surface area contributed by atoms with Crippen molar-refractivity contribution in [2.75, 3.05) is 17.3 Å². The van der Waals surface area contributed by atoms with Gasteiger partial charge in [0.25, 0.3) is 0 Å². The van der Waals surface area contributed by atoms with Gasteiger partial charge in [-0.15, -0.1) is 22.1 Å². The van der Waals surface area contributed by atoms with Gasteiger partial charge in [0.2, 0.25) is 0 Å². The first kappa shape index (κ1) is 22.1. The first-order valence-electron chi connectivity index (χ1n) is 10.7. The van der Waals surface area contributed by atoms with Gasteiger partial charge in [-0.1, -0.05) is 39.8 Å². The van der Waals surface area contributed by atoms with E-state index in [1.165, 1.54) is 34.2 Å². The Bertz CT molecular complexity index is 1010. The van der Waals surface area contributed by atoms with E-state index in [9.17, 15) is 9.59 Å². The molecular formula is C24H31NO2S3. The number of thiol groups is 1. The number of carbonyl (C=O) groups is 2. The maximum Gasteiger partial charge on any atom is 0.196 e. The van der Waals surface area contributed by atoms with Gasteiger partial charge in [0.15, 0.2) is 16.6 Å². The maximum absolute atomic E-state index is 12.6. The zero-order chi connectivity index (χ0) is 21.5. The fraction of sp³-hybridized carbons (Fsp3) is 0.542. The maximum atomic E-state index is 12.6. The molecule has 3 nitrogen and oxygen atoms in total. The molecule has 2 aliphatic rings. The second-order valence-electron chi connectivity index (χ2n) is 9.87. The van der Waals surface area contributed by atoms with Crippen molar-refractivity contribution in [2.24, 2.45) is 10.8 Å². The summed E-state index contributed by atoms with van der Waals surface area (Å²) in [5, 5.41) is 0.602. The Kier molecular flexibility index (Phi) is 6.21. The largest absolute Gasteiger partial charge is 0.295 e. The molecule has 1 aromatic carbocycles. The lowest BCUT2D eigenvalue weighted by Gasteiger charge is -2.38. The summed E-state index contributed by atoms with van der Waals surface area (Å²) in [5.74, 6) is 4.26. The zero-order valence-corrected chi connectivity index (χ0v) is 20.8. The van der Waals surface area contributed by atoms with Crippen molar-refractivity contribution in [1.29, 1.82) is 0 Å². The van der Waals surface area contributed by atoms with Gasteiger partial charge in [-0.25, -0.2) is 14.9 Å². The van der Waals surface area contributed by atoms with Crippen LogP contribution in [0.2, 0.25) is 0 Å². The third kappa shape index (κ3) is 4.86. The second kappa shape index (κ2) is 8.44. The molecule has 6 heteroatoms. The molecule has 1 saturated heterocycles. The Labute approximate surface area is 189 Å². The van der Waals surface area contributed by atoms with Gasteiger partial charge < -0.3 is 0 Å². The molecular weight excluding hydrogens is 430 g/mol. The summed E-state index contributed by atoms with van der Waals surface area (Å²) in [6.07, 6.45) is 5.89. The van der Waals surface area contributed by atoms with Crippen molar-refractivity contribution in [2.45, 2.75) is 53.4 Å². The lowest BCUT2D eigenvalue weighted by Crippen LogP contribution is -2.25. The lowest BCUT2D eigenvalue weighted by molar-refractivity contribution is -0.114. The third-order valence-corrected chi connectivity index (χ3v) is 12.3. The summed E-state index contributed by atoms with van der Waals surface area (Å²) in [4.78, 5) is 29.5. The van der Waals surface area contributed by atoms with Gasteiger partial charge in [-0.05, 0) is 59.5 Å². The monoisotopic (exact) mass is 461 g/mol. The van der Waals surface area contributed by atoms with E-state index in [-0.39, 0.29) is 21.1 Å². The highest BCUT2D eigenvalue weighted by molar-refractivity contribution is 8.87. The van der Waals surface area contributed by atoms with Gasteiger partial charge in [0.1, 0.15) is 0 Å². The molecule has 30 heavy (non-hydrogen) atoms. The minimum atomic E-state index is -0.419. The number of Topliss-reactive ketones (excluding diaryl/α,β-unsaturated/α-hetero) is 2. The van der Waals surface area contributed by atoms with Crippen LogP contribution in [-0.4, -0.2) is 33.8 Å². The standard InChI is InChI=1S/C24H31NO2S3/c1-23(2,3)21(27)22-25-18-9-8-16(12-20(18)29-22)13-24(4,15-30-11-10-28-30)14-17-6-5-7-19(17)26/h8-9,12,14,30H,5-7,10-11,13,15H2,1-4H3/b17-14+. The molecule has 0 N–H and O–H groups in total. The van der Waals surface area contributed by atoms with Gasteiger partial charge in [0, 0.05) is 17.6 Å². The molecule has 0 bridgehead atoms. The highest BCUT2D eigenvalue weighted by atomic mass is 33.1. The fourth-order valence-electron chi connectivity index (χ4n) is 4.18. The zero-order valence-electron chi connectivity index (χ0n) is 18.3. The number of ketones is 2. The number of carbonyl (C=O) groups excluding carboxylic acids is 2. The Morgan fingerprint density at radius 2 is 2.00 bits per heavy atom. The number of rotatable bonds is 6. The van der Waals surface area contributed by atoms with Crippen molar-refractivity contribution < 1.29 is 9.59 Å². The molecule has 2 heterocycles. The summed E-state index contributed by atoms with van der Waals surface area (Å²) >= 11 is 1.51. The van der Waals surface area contributed by atoms with Crippen LogP contribution in [-0.2, 0) is 11.2 Å². The van der Waals surface area contributed by atoms with E-state index in [1.54, 1.807) is 0 Å². The van der Waals surface area contributed by atoms with Gasteiger partial charge >= 0.3 is 0 Å². The highest BCUT2D eigenvalue weighted by Crippen LogP contribution is 2.54. The van der Waals surface area contributed by atoms with Gasteiger partial charge in [0.05, 0.1) is 10.2 Å². The van der Waals surface area contributed by atoms with Gasteiger partial charge in [-0.3, -0.25) is 9.59 Å². The number of aromatic nitrogens is 1. The summed E-state index contributed by atoms with van der Waals surface area (Å²) in [6.45, 7) is 8.15. The normalized spacial score (nSPS) is 24.2. The van der Waals surface area contributed by atoms with Crippen LogP contribution in [0.5, 0.6) is 0 Å². The van der Waals surface area contributed by atoms with E-state index in [2.05, 4.69) is 47.0 Å². The van der Waals surface area contributed by atoms with Crippen LogP contribution in [0, 0.1) is 10.8 Å². The Morgan fingerprint density at radius 3 is 2.60 bits per heavy atom. The van der Waals surface area contributed by atoms with Crippen LogP contribution >= 0.6 is 32.1 Å². The average molecular weight is 462 g/mol. The summed E-state index contributed by atoms with van der Waals surface area (Å²) in [6, 6.07) is 6.42. The number of hydrogen-bond donors (Lipinski definition) is 1. The summed E-state index contributed by atoms with van der Waals surface area (Å²) < 4.78 is 1.08. The van der Waals surface area contributed by atoms with Crippen molar-refractivity contribution >= 4 is 53.8 Å². The average Bonchev–Trinajstić information content (AvgIpc) is 3.22. The third-order valence-electron chi connectivity index (χ3n) is 5.82. The topological polar surface area (TPSA) is 47.0 Å². The summed E-state index contributed by atoms with van der Waals surface area (Å²) in [5.41, 5.74) is 2.82. The first-order valence-corrected chi connectivity index (χ1v) is 14.8. The number of nitrogens with zero attached hydrogens (tertiary/aromatic N) is 1. The number of fused-ring (bicyclic) bond motifs is 1. The summed E-state index contributed by atoms with van der Waals surface area (Å²) in [7, 11) is 2.16. The minimum Gasteiger partial charge on any atom is -0.295 e. The fourth-order valence-corrected chi connectivity index (χ4v) is 9.54. The molecule has 0 radical (unpaired) electrons. The van der Waals surface area contributed by atoms with E-state index in [0.29, 0.717) is 17.2 Å². The SMILES string of the molecule is CC(/C=C1\CCCC1=O)(Cc1ccc2nc(C(=O)C(C)(C)C)sc2c1)C[SH]1CCS1. The van der Waals surface area contributed by atoms with Crippen molar-refractivity contribution in [3.8, 4) is 0 Å². The van der Waals surface area contributed by atoms with E-state index in [1.807, 2.05) is 20.8 Å². The molecule has 162 valence electrons. The van der Waals surface area contributed by atoms with Gasteiger partial charge in [-0.2, -0.15) is 0 Å². The first-order chi connectivity index (χ1) is 14.1. The van der Waals surface area contributed by atoms with Crippen LogP contribution in [0.3, 0.4) is 0 Å². The van der Waals surface area contributed by atoms with Crippen LogP contribution in [0.15, 0.2) is 29.8 Å². The predicted molar refractivity (Wildman–Crippen MR) is 133 cm³/mol. The molecule has 2 unspecified atom stereocenters. The Balaban J connectivity index is 1.62. The van der Waals surface area contributed by atoms with Crippen LogP contribution in [0.25, 0.3) is 10.2 Å². The molecule has 2 fully saturated rings. The molecule has 1 aliphatic carbocycles. The molecule has 0 amide bonds. The van der Waals surface area contributed by atoms with E-state index >= 15 is 0 Å². The van der Waals surface area contributed by atoms with Crippen molar-refractivity contribution in [3.63, 3.8) is 0 Å². The minimum absolute atomic E-state index is 0.0108. The predicted octanol–water partition coefficient (Wildman–Crippen LogP) is 6.42. The van der Waals surface area contributed by atoms with E-state index < -0.39 is 5.41 Å². The Hall–Kier alpha value is -1.11. The Morgan fingerprint density at radius 1 is 1.23 bits per heavy atom. The number of benzene rings is 1. The van der Waals surface area contributed by atoms with Crippen LogP contribution in [0.1, 0.15) is 62.3 Å². The molecule has 2 atom stereocenters. The van der Waals surface area contributed by atoms with Crippen molar-refractivity contribution in [1.82, 2.24) is 4.98 Å². The van der Waals surface area contributed by atoms with Crippen molar-refractivity contribution in [3.05, 3.63) is 40.4 Å². The van der Waals surface area contributed by atoms with E-state index in [4.69, 9.17) is 0 Å².